The van der Waals surface area contributed by atoms with Crippen LogP contribution in [-0.2, 0) is 4.79 Å². The van der Waals surface area contributed by atoms with Crippen LogP contribution >= 0.6 is 0 Å². The first-order valence-corrected chi connectivity index (χ1v) is 6.46. The number of carbonyl (C=O) groups is 1. The van der Waals surface area contributed by atoms with Gasteiger partial charge in [0.15, 0.2) is 0 Å². The summed E-state index contributed by atoms with van der Waals surface area (Å²) in [5.41, 5.74) is 5.56. The topological polar surface area (TPSA) is 54.1 Å². The van der Waals surface area contributed by atoms with Crippen LogP contribution in [0.15, 0.2) is 24.3 Å². The number of rotatable bonds is 2. The van der Waals surface area contributed by atoms with Gasteiger partial charge in [-0.3, -0.25) is 4.79 Å². The monoisotopic (exact) mass is 268 g/mol. The van der Waals surface area contributed by atoms with Crippen molar-refractivity contribution < 1.29 is 9.53 Å². The number of amides is 1. The summed E-state index contributed by atoms with van der Waals surface area (Å²) in [4.78, 5) is 15.4. The lowest BCUT2D eigenvalue weighted by Gasteiger charge is -2.02. The second kappa shape index (κ2) is 4.56. The Kier molecular flexibility index (Phi) is 2.86. The number of hydrogen-bond acceptors (Lipinski definition) is 2. The molecule has 0 aliphatic carbocycles. The average Bonchev–Trinajstić information content (AvgIpc) is 2.89. The number of ether oxygens (including phenoxy) is 1. The minimum atomic E-state index is -0.0834. The third-order valence-corrected chi connectivity index (χ3v) is 3.49. The first-order valence-electron chi connectivity index (χ1n) is 6.46. The number of fused-ring (bicyclic) bond motifs is 1. The van der Waals surface area contributed by atoms with E-state index >= 15 is 0 Å². The fourth-order valence-corrected chi connectivity index (χ4v) is 2.49. The molecule has 4 nitrogen and oxygen atoms in total. The van der Waals surface area contributed by atoms with Crippen molar-refractivity contribution in [2.75, 3.05) is 12.4 Å². The number of aryl methyl sites for hydroxylation is 2. The van der Waals surface area contributed by atoms with Gasteiger partial charge in [-0.05, 0) is 43.7 Å². The number of carbonyl (C=O) groups excluding carboxylic acids is 1. The van der Waals surface area contributed by atoms with Gasteiger partial charge in [0.1, 0.15) is 5.75 Å². The molecule has 3 rings (SSSR count). The van der Waals surface area contributed by atoms with Gasteiger partial charge in [0, 0.05) is 23.0 Å². The van der Waals surface area contributed by atoms with Crippen LogP contribution in [0.25, 0.3) is 11.6 Å². The van der Waals surface area contributed by atoms with E-state index in [1.165, 1.54) is 0 Å². The van der Waals surface area contributed by atoms with E-state index in [-0.39, 0.29) is 5.91 Å². The van der Waals surface area contributed by atoms with Crippen LogP contribution in [0.5, 0.6) is 5.75 Å². The van der Waals surface area contributed by atoms with E-state index in [1.807, 2.05) is 38.1 Å². The van der Waals surface area contributed by atoms with Crippen molar-refractivity contribution in [3.05, 3.63) is 46.8 Å². The van der Waals surface area contributed by atoms with Crippen LogP contribution in [0.2, 0.25) is 0 Å². The SMILES string of the molecule is COc1ccc2c(c1)NC(=O)/C2=C\c1[nH]c(C)cc1C. The Bertz CT molecular complexity index is 726. The molecule has 0 atom stereocenters. The molecule has 0 saturated carbocycles. The van der Waals surface area contributed by atoms with E-state index in [1.54, 1.807) is 7.11 Å². The number of H-pyrrole nitrogens is 1. The number of methoxy groups -OCH3 is 1. The summed E-state index contributed by atoms with van der Waals surface area (Å²) < 4.78 is 5.17. The Morgan fingerprint density at radius 3 is 2.65 bits per heavy atom. The molecule has 1 aromatic carbocycles. The zero-order valence-corrected chi connectivity index (χ0v) is 11.7. The predicted molar refractivity (Wildman–Crippen MR) is 79.8 cm³/mol. The molecule has 0 saturated heterocycles. The summed E-state index contributed by atoms with van der Waals surface area (Å²) in [6, 6.07) is 7.66. The minimum absolute atomic E-state index is 0.0834. The summed E-state index contributed by atoms with van der Waals surface area (Å²) >= 11 is 0. The number of aromatic nitrogens is 1. The van der Waals surface area contributed by atoms with E-state index in [0.29, 0.717) is 5.57 Å². The molecule has 4 heteroatoms. The largest absolute Gasteiger partial charge is 0.497 e. The van der Waals surface area contributed by atoms with E-state index in [2.05, 4.69) is 16.4 Å². The zero-order chi connectivity index (χ0) is 14.3. The highest BCUT2D eigenvalue weighted by Gasteiger charge is 2.24. The maximum Gasteiger partial charge on any atom is 0.256 e. The number of benzene rings is 1. The second-order valence-electron chi connectivity index (χ2n) is 4.97. The Hall–Kier alpha value is -2.49. The highest BCUT2D eigenvalue weighted by Crippen LogP contribution is 2.35. The van der Waals surface area contributed by atoms with Gasteiger partial charge in [-0.2, -0.15) is 0 Å². The van der Waals surface area contributed by atoms with Gasteiger partial charge in [-0.25, -0.2) is 0 Å². The Morgan fingerprint density at radius 2 is 2.00 bits per heavy atom. The molecule has 0 unspecified atom stereocenters. The van der Waals surface area contributed by atoms with E-state index in [9.17, 15) is 4.79 Å². The first-order chi connectivity index (χ1) is 9.58. The van der Waals surface area contributed by atoms with Gasteiger partial charge in [-0.1, -0.05) is 0 Å². The molecule has 102 valence electrons. The lowest BCUT2D eigenvalue weighted by molar-refractivity contribution is -0.110. The smallest absolute Gasteiger partial charge is 0.256 e. The van der Waals surface area contributed by atoms with E-state index in [4.69, 9.17) is 4.74 Å². The van der Waals surface area contributed by atoms with E-state index in [0.717, 1.165) is 34.0 Å². The lowest BCUT2D eigenvalue weighted by Crippen LogP contribution is -2.03. The van der Waals surface area contributed by atoms with Crippen LogP contribution in [0.4, 0.5) is 5.69 Å². The standard InChI is InChI=1S/C16H16N2O2/c1-9-6-10(2)17-14(9)8-13-12-5-4-11(20-3)7-15(12)18-16(13)19/h4-8,17H,1-3H3,(H,18,19)/b13-8-. The second-order valence-corrected chi connectivity index (χ2v) is 4.97. The minimum Gasteiger partial charge on any atom is -0.497 e. The van der Waals surface area contributed by atoms with Gasteiger partial charge >= 0.3 is 0 Å². The molecule has 0 radical (unpaired) electrons. The zero-order valence-electron chi connectivity index (χ0n) is 11.7. The molecule has 0 spiro atoms. The quantitative estimate of drug-likeness (QED) is 0.822. The molecule has 1 aliphatic heterocycles. The normalized spacial score (nSPS) is 15.3. The van der Waals surface area contributed by atoms with Gasteiger partial charge < -0.3 is 15.0 Å². The van der Waals surface area contributed by atoms with Crippen molar-refractivity contribution in [1.82, 2.24) is 4.98 Å². The Labute approximate surface area is 117 Å². The van der Waals surface area contributed by atoms with Gasteiger partial charge in [-0.15, -0.1) is 0 Å². The molecular formula is C16H16N2O2. The van der Waals surface area contributed by atoms with Crippen LogP contribution < -0.4 is 10.1 Å². The molecule has 2 heterocycles. The maximum absolute atomic E-state index is 12.1. The molecule has 1 aromatic heterocycles. The van der Waals surface area contributed by atoms with Crippen molar-refractivity contribution in [1.29, 1.82) is 0 Å². The van der Waals surface area contributed by atoms with Crippen LogP contribution in [-0.4, -0.2) is 18.0 Å². The van der Waals surface area contributed by atoms with Crippen molar-refractivity contribution >= 4 is 23.2 Å². The van der Waals surface area contributed by atoms with Gasteiger partial charge in [0.2, 0.25) is 0 Å². The summed E-state index contributed by atoms with van der Waals surface area (Å²) in [7, 11) is 1.61. The molecule has 20 heavy (non-hydrogen) atoms. The fourth-order valence-electron chi connectivity index (χ4n) is 2.49. The molecule has 2 N–H and O–H groups in total. The van der Waals surface area contributed by atoms with Crippen LogP contribution in [0.1, 0.15) is 22.5 Å². The highest BCUT2D eigenvalue weighted by molar-refractivity contribution is 6.34. The van der Waals surface area contributed by atoms with E-state index < -0.39 is 0 Å². The summed E-state index contributed by atoms with van der Waals surface area (Å²) in [6.45, 7) is 4.03. The van der Waals surface area contributed by atoms with Crippen LogP contribution in [0.3, 0.4) is 0 Å². The average molecular weight is 268 g/mol. The molecule has 2 aromatic rings. The molecule has 0 bridgehead atoms. The Morgan fingerprint density at radius 1 is 1.20 bits per heavy atom. The van der Waals surface area contributed by atoms with Crippen molar-refractivity contribution in [2.45, 2.75) is 13.8 Å². The van der Waals surface area contributed by atoms with Crippen molar-refractivity contribution in [3.8, 4) is 5.75 Å². The highest BCUT2D eigenvalue weighted by atomic mass is 16.5. The third-order valence-electron chi connectivity index (χ3n) is 3.49. The number of hydrogen-bond donors (Lipinski definition) is 2. The van der Waals surface area contributed by atoms with Gasteiger partial charge in [0.05, 0.1) is 18.4 Å². The predicted octanol–water partition coefficient (Wildman–Crippen LogP) is 3.13. The van der Waals surface area contributed by atoms with Gasteiger partial charge in [0.25, 0.3) is 5.91 Å². The summed E-state index contributed by atoms with van der Waals surface area (Å²) in [6.07, 6.45) is 1.90. The third kappa shape index (κ3) is 1.99. The molecule has 1 amide bonds. The summed E-state index contributed by atoms with van der Waals surface area (Å²) in [5.74, 6) is 0.650. The van der Waals surface area contributed by atoms with Crippen molar-refractivity contribution in [3.63, 3.8) is 0 Å². The van der Waals surface area contributed by atoms with Crippen molar-refractivity contribution in [2.24, 2.45) is 0 Å². The Balaban J connectivity index is 2.08. The number of aromatic amines is 1. The number of anilines is 1. The van der Waals surface area contributed by atoms with Crippen LogP contribution in [0, 0.1) is 13.8 Å². The first kappa shape index (κ1) is 12.5. The fraction of sp³-hybridized carbons (Fsp3) is 0.188. The molecule has 0 fully saturated rings. The lowest BCUT2D eigenvalue weighted by atomic mass is 10.1. The summed E-state index contributed by atoms with van der Waals surface area (Å²) in [5, 5.41) is 2.87. The molecular weight excluding hydrogens is 252 g/mol. The molecule has 1 aliphatic rings. The number of nitrogens with one attached hydrogen (secondary N) is 2. The maximum atomic E-state index is 12.1.